The minimum atomic E-state index is -0.300. The molecule has 0 spiro atoms. The Labute approximate surface area is 121 Å². The van der Waals surface area contributed by atoms with E-state index in [0.717, 1.165) is 30.6 Å². The van der Waals surface area contributed by atoms with Crippen LogP contribution in [0.15, 0.2) is 36.8 Å². The molecule has 2 aromatic heterocycles. The number of benzene rings is 1. The second kappa shape index (κ2) is 5.87. The van der Waals surface area contributed by atoms with Gasteiger partial charge in [-0.05, 0) is 24.6 Å². The molecule has 1 N–H and O–H groups in total. The van der Waals surface area contributed by atoms with Gasteiger partial charge in [-0.1, -0.05) is 19.4 Å². The third-order valence-electron chi connectivity index (χ3n) is 3.24. The molecule has 0 aliphatic rings. The molecule has 0 saturated heterocycles. The Morgan fingerprint density at radius 1 is 1.29 bits per heavy atom. The molecule has 0 aliphatic carbocycles. The van der Waals surface area contributed by atoms with E-state index >= 15 is 0 Å². The first-order chi connectivity index (χ1) is 10.3. The van der Waals surface area contributed by atoms with Crippen molar-refractivity contribution >= 4 is 16.9 Å². The summed E-state index contributed by atoms with van der Waals surface area (Å²) in [5.74, 6) is 0.461. The summed E-state index contributed by atoms with van der Waals surface area (Å²) < 4.78 is 15.0. The van der Waals surface area contributed by atoms with E-state index in [1.807, 2.05) is 0 Å². The molecule has 3 aromatic rings. The number of nitrogens with zero attached hydrogens (tertiary/aromatic N) is 4. The zero-order chi connectivity index (χ0) is 14.7. The normalized spacial score (nSPS) is 11.0. The highest BCUT2D eigenvalue weighted by Crippen LogP contribution is 2.21. The van der Waals surface area contributed by atoms with E-state index in [9.17, 15) is 4.39 Å². The van der Waals surface area contributed by atoms with Gasteiger partial charge in [0.15, 0.2) is 5.65 Å². The standard InChI is InChI=1S/C15H16FN5/c1-2-3-7-17-14-13-9-20-21(15(13)19-10-18-14)12-6-4-5-11(16)8-12/h4-6,8-10H,2-3,7H2,1H3,(H,17,18,19). The van der Waals surface area contributed by atoms with Gasteiger partial charge in [-0.25, -0.2) is 19.0 Å². The van der Waals surface area contributed by atoms with Crippen molar-refractivity contribution in [2.24, 2.45) is 0 Å². The SMILES string of the molecule is CCCCNc1ncnc2c1cnn2-c1cccc(F)c1. The molecule has 108 valence electrons. The Bertz CT molecular complexity index is 753. The lowest BCUT2D eigenvalue weighted by Gasteiger charge is -2.06. The van der Waals surface area contributed by atoms with Gasteiger partial charge in [-0.3, -0.25) is 0 Å². The first-order valence-electron chi connectivity index (χ1n) is 6.98. The molecular weight excluding hydrogens is 269 g/mol. The molecule has 0 amide bonds. The van der Waals surface area contributed by atoms with Crippen molar-refractivity contribution in [3.8, 4) is 5.69 Å². The molecule has 0 radical (unpaired) electrons. The summed E-state index contributed by atoms with van der Waals surface area (Å²) in [5.41, 5.74) is 1.30. The van der Waals surface area contributed by atoms with E-state index in [0.29, 0.717) is 11.3 Å². The van der Waals surface area contributed by atoms with E-state index in [2.05, 4.69) is 27.3 Å². The highest BCUT2D eigenvalue weighted by atomic mass is 19.1. The van der Waals surface area contributed by atoms with E-state index in [4.69, 9.17) is 0 Å². The van der Waals surface area contributed by atoms with Crippen LogP contribution in [0.4, 0.5) is 10.2 Å². The van der Waals surface area contributed by atoms with Crippen LogP contribution in [0.25, 0.3) is 16.7 Å². The Hall–Kier alpha value is -2.50. The summed E-state index contributed by atoms with van der Waals surface area (Å²) >= 11 is 0. The largest absolute Gasteiger partial charge is 0.369 e. The van der Waals surface area contributed by atoms with Gasteiger partial charge in [0.1, 0.15) is 18.0 Å². The smallest absolute Gasteiger partial charge is 0.168 e. The predicted molar refractivity (Wildman–Crippen MR) is 80.0 cm³/mol. The van der Waals surface area contributed by atoms with Crippen LogP contribution in [0.2, 0.25) is 0 Å². The average molecular weight is 285 g/mol. The molecule has 2 heterocycles. The van der Waals surface area contributed by atoms with Gasteiger partial charge in [0, 0.05) is 6.54 Å². The van der Waals surface area contributed by atoms with Crippen LogP contribution >= 0.6 is 0 Å². The lowest BCUT2D eigenvalue weighted by molar-refractivity contribution is 0.625. The maximum Gasteiger partial charge on any atom is 0.168 e. The van der Waals surface area contributed by atoms with Crippen LogP contribution in [-0.4, -0.2) is 26.3 Å². The second-order valence-electron chi connectivity index (χ2n) is 4.78. The first-order valence-corrected chi connectivity index (χ1v) is 6.98. The van der Waals surface area contributed by atoms with Crippen molar-refractivity contribution in [2.75, 3.05) is 11.9 Å². The predicted octanol–water partition coefficient (Wildman–Crippen LogP) is 3.17. The molecule has 1 aromatic carbocycles. The van der Waals surface area contributed by atoms with Crippen LogP contribution in [0.5, 0.6) is 0 Å². The highest BCUT2D eigenvalue weighted by Gasteiger charge is 2.11. The van der Waals surface area contributed by atoms with Crippen molar-refractivity contribution in [1.29, 1.82) is 0 Å². The van der Waals surface area contributed by atoms with E-state index in [1.54, 1.807) is 23.0 Å². The summed E-state index contributed by atoms with van der Waals surface area (Å²) in [5, 5.41) is 8.42. The van der Waals surface area contributed by atoms with Gasteiger partial charge in [0.25, 0.3) is 0 Å². The maximum atomic E-state index is 13.4. The number of fused-ring (bicyclic) bond motifs is 1. The molecule has 0 atom stereocenters. The summed E-state index contributed by atoms with van der Waals surface area (Å²) in [6.45, 7) is 2.99. The number of hydrogen-bond acceptors (Lipinski definition) is 4. The maximum absolute atomic E-state index is 13.4. The van der Waals surface area contributed by atoms with Gasteiger partial charge >= 0.3 is 0 Å². The molecule has 0 fully saturated rings. The summed E-state index contributed by atoms with van der Waals surface area (Å²) in [6, 6.07) is 6.28. The van der Waals surface area contributed by atoms with Crippen LogP contribution in [-0.2, 0) is 0 Å². The van der Waals surface area contributed by atoms with E-state index in [-0.39, 0.29) is 5.82 Å². The number of halogens is 1. The minimum Gasteiger partial charge on any atom is -0.369 e. The number of unbranched alkanes of at least 4 members (excludes halogenated alkanes) is 1. The molecule has 0 saturated carbocycles. The van der Waals surface area contributed by atoms with Gasteiger partial charge in [0.2, 0.25) is 0 Å². The fourth-order valence-electron chi connectivity index (χ4n) is 2.17. The topological polar surface area (TPSA) is 55.6 Å². The zero-order valence-electron chi connectivity index (χ0n) is 11.8. The number of aromatic nitrogens is 4. The molecular formula is C15H16FN5. The molecule has 5 nitrogen and oxygen atoms in total. The number of nitrogens with one attached hydrogen (secondary N) is 1. The number of rotatable bonds is 5. The third-order valence-corrected chi connectivity index (χ3v) is 3.24. The summed E-state index contributed by atoms with van der Waals surface area (Å²) in [4.78, 5) is 8.52. The first kappa shape index (κ1) is 13.5. The van der Waals surface area contributed by atoms with Crippen molar-refractivity contribution in [2.45, 2.75) is 19.8 Å². The van der Waals surface area contributed by atoms with Crippen molar-refractivity contribution < 1.29 is 4.39 Å². The summed E-state index contributed by atoms with van der Waals surface area (Å²) in [7, 11) is 0. The lowest BCUT2D eigenvalue weighted by atomic mass is 10.3. The number of hydrogen-bond donors (Lipinski definition) is 1. The van der Waals surface area contributed by atoms with Crippen LogP contribution in [0.1, 0.15) is 19.8 Å². The quantitative estimate of drug-likeness (QED) is 0.732. The molecule has 0 aliphatic heterocycles. The van der Waals surface area contributed by atoms with Gasteiger partial charge in [-0.15, -0.1) is 0 Å². The van der Waals surface area contributed by atoms with Gasteiger partial charge < -0.3 is 5.32 Å². The summed E-state index contributed by atoms with van der Waals surface area (Å²) in [6.07, 6.45) is 5.38. The monoisotopic (exact) mass is 285 g/mol. The average Bonchev–Trinajstić information content (AvgIpc) is 2.92. The van der Waals surface area contributed by atoms with Crippen molar-refractivity contribution in [3.05, 3.63) is 42.6 Å². The lowest BCUT2D eigenvalue weighted by Crippen LogP contribution is -2.04. The highest BCUT2D eigenvalue weighted by molar-refractivity contribution is 5.87. The van der Waals surface area contributed by atoms with Crippen LogP contribution < -0.4 is 5.32 Å². The fraction of sp³-hybridized carbons (Fsp3) is 0.267. The molecule has 6 heteroatoms. The Kier molecular flexibility index (Phi) is 3.77. The van der Waals surface area contributed by atoms with Crippen molar-refractivity contribution in [1.82, 2.24) is 19.7 Å². The molecule has 0 unspecified atom stereocenters. The van der Waals surface area contributed by atoms with E-state index in [1.165, 1.54) is 18.5 Å². The Balaban J connectivity index is 2.01. The fourth-order valence-corrected chi connectivity index (χ4v) is 2.17. The van der Waals surface area contributed by atoms with Gasteiger partial charge in [-0.2, -0.15) is 5.10 Å². The Morgan fingerprint density at radius 3 is 3.00 bits per heavy atom. The Morgan fingerprint density at radius 2 is 2.19 bits per heavy atom. The third kappa shape index (κ3) is 2.69. The van der Waals surface area contributed by atoms with Crippen molar-refractivity contribution in [3.63, 3.8) is 0 Å². The van der Waals surface area contributed by atoms with Crippen LogP contribution in [0, 0.1) is 5.82 Å². The number of anilines is 1. The molecule has 0 bridgehead atoms. The van der Waals surface area contributed by atoms with E-state index < -0.39 is 0 Å². The van der Waals surface area contributed by atoms with Crippen LogP contribution in [0.3, 0.4) is 0 Å². The molecule has 21 heavy (non-hydrogen) atoms. The van der Waals surface area contributed by atoms with Gasteiger partial charge in [0.05, 0.1) is 17.3 Å². The zero-order valence-corrected chi connectivity index (χ0v) is 11.8. The minimum absolute atomic E-state index is 0.300. The second-order valence-corrected chi connectivity index (χ2v) is 4.78. The molecule has 3 rings (SSSR count).